The second-order valence-electron chi connectivity index (χ2n) is 6.34. The van der Waals surface area contributed by atoms with E-state index in [4.69, 9.17) is 25.6 Å². The van der Waals surface area contributed by atoms with Gasteiger partial charge in [-0.15, -0.1) is 0 Å². The Morgan fingerprint density at radius 2 is 1.77 bits per heavy atom. The smallest absolute Gasteiger partial charge is 0.480 e. The van der Waals surface area contributed by atoms with Crippen molar-refractivity contribution in [2.24, 2.45) is 0 Å². The van der Waals surface area contributed by atoms with Gasteiger partial charge < -0.3 is 14.0 Å². The lowest BCUT2D eigenvalue weighted by atomic mass is 9.79. The van der Waals surface area contributed by atoms with Gasteiger partial charge in [-0.2, -0.15) is 0 Å². The summed E-state index contributed by atoms with van der Waals surface area (Å²) in [6, 6.07) is 3.72. The standard InChI is InChI=1S/C15H18BClN2O3/c1-14(2)15(3,4)22-16(21-14)9-6-7-10-13(12(9)17)19-11(20-5)8-18-10/h6-8H,1-5H3. The van der Waals surface area contributed by atoms with Crippen molar-refractivity contribution in [2.45, 2.75) is 38.9 Å². The van der Waals surface area contributed by atoms with E-state index in [-0.39, 0.29) is 0 Å². The van der Waals surface area contributed by atoms with Gasteiger partial charge in [0, 0.05) is 5.46 Å². The summed E-state index contributed by atoms with van der Waals surface area (Å²) < 4.78 is 17.2. The monoisotopic (exact) mass is 320 g/mol. The molecule has 0 bridgehead atoms. The second kappa shape index (κ2) is 5.08. The molecule has 0 unspecified atom stereocenters. The maximum Gasteiger partial charge on any atom is 0.496 e. The Morgan fingerprint density at radius 3 is 2.36 bits per heavy atom. The lowest BCUT2D eigenvalue weighted by Gasteiger charge is -2.32. The lowest BCUT2D eigenvalue weighted by molar-refractivity contribution is 0.00578. The zero-order valence-electron chi connectivity index (χ0n) is 13.3. The van der Waals surface area contributed by atoms with Gasteiger partial charge in [0.1, 0.15) is 5.52 Å². The van der Waals surface area contributed by atoms with E-state index in [0.29, 0.717) is 21.9 Å². The van der Waals surface area contributed by atoms with Crippen LogP contribution in [0.5, 0.6) is 5.88 Å². The van der Waals surface area contributed by atoms with E-state index in [0.717, 1.165) is 5.46 Å². The molecule has 3 rings (SSSR count). The molecule has 0 radical (unpaired) electrons. The SMILES string of the molecule is COc1cnc2ccc(B3OC(C)(C)C(C)(C)O3)c(Cl)c2n1. The molecule has 1 aliphatic rings. The third-order valence-corrected chi connectivity index (χ3v) is 4.77. The Kier molecular flexibility index (Phi) is 3.59. The number of fused-ring (bicyclic) bond motifs is 1. The van der Waals surface area contributed by atoms with Crippen LogP contribution in [0, 0.1) is 0 Å². The van der Waals surface area contributed by atoms with Gasteiger partial charge in [0.25, 0.3) is 0 Å². The summed E-state index contributed by atoms with van der Waals surface area (Å²) in [7, 11) is 1.01. The summed E-state index contributed by atoms with van der Waals surface area (Å²) in [5.74, 6) is 0.417. The molecule has 0 spiro atoms. The summed E-state index contributed by atoms with van der Waals surface area (Å²) in [6.45, 7) is 8.02. The fourth-order valence-electron chi connectivity index (χ4n) is 2.29. The number of halogens is 1. The van der Waals surface area contributed by atoms with Crippen molar-refractivity contribution in [3.05, 3.63) is 23.4 Å². The highest BCUT2D eigenvalue weighted by molar-refractivity contribution is 6.66. The van der Waals surface area contributed by atoms with Gasteiger partial charge in [-0.1, -0.05) is 17.7 Å². The lowest BCUT2D eigenvalue weighted by Crippen LogP contribution is -2.41. The third-order valence-electron chi connectivity index (χ3n) is 4.38. The van der Waals surface area contributed by atoms with E-state index in [1.54, 1.807) is 13.3 Å². The fraction of sp³-hybridized carbons (Fsp3) is 0.467. The second-order valence-corrected chi connectivity index (χ2v) is 6.72. The molecule has 0 aliphatic carbocycles. The summed E-state index contributed by atoms with van der Waals surface area (Å²) in [6.07, 6.45) is 1.56. The molecule has 0 saturated carbocycles. The first kappa shape index (κ1) is 15.5. The predicted octanol–water partition coefficient (Wildman–Crippen LogP) is 2.59. The van der Waals surface area contributed by atoms with Crippen LogP contribution in [0.4, 0.5) is 0 Å². The van der Waals surface area contributed by atoms with Crippen LogP contribution in [-0.4, -0.2) is 35.4 Å². The molecule has 1 saturated heterocycles. The Labute approximate surface area is 135 Å². The molecule has 7 heteroatoms. The molecular formula is C15H18BClN2O3. The molecule has 0 atom stereocenters. The predicted molar refractivity (Wildman–Crippen MR) is 86.8 cm³/mol. The minimum absolute atomic E-state index is 0.417. The molecule has 5 nitrogen and oxygen atoms in total. The van der Waals surface area contributed by atoms with Crippen molar-refractivity contribution in [2.75, 3.05) is 7.11 Å². The van der Waals surface area contributed by atoms with Gasteiger partial charge >= 0.3 is 7.12 Å². The van der Waals surface area contributed by atoms with E-state index in [1.807, 2.05) is 39.8 Å². The minimum atomic E-state index is -0.532. The first-order valence-corrected chi connectivity index (χ1v) is 7.48. The number of ether oxygens (including phenoxy) is 1. The van der Waals surface area contributed by atoms with Crippen LogP contribution < -0.4 is 10.2 Å². The van der Waals surface area contributed by atoms with E-state index in [9.17, 15) is 0 Å². The number of methoxy groups -OCH3 is 1. The van der Waals surface area contributed by atoms with Gasteiger partial charge in [0.2, 0.25) is 5.88 Å². The molecule has 1 fully saturated rings. The molecule has 2 heterocycles. The number of hydrogen-bond acceptors (Lipinski definition) is 5. The van der Waals surface area contributed by atoms with Crippen LogP contribution >= 0.6 is 11.6 Å². The Bertz CT molecular complexity index is 720. The van der Waals surface area contributed by atoms with E-state index < -0.39 is 18.3 Å². The Morgan fingerprint density at radius 1 is 1.14 bits per heavy atom. The Balaban J connectivity index is 2.07. The maximum atomic E-state index is 6.52. The minimum Gasteiger partial charge on any atom is -0.480 e. The van der Waals surface area contributed by atoms with E-state index in [1.165, 1.54) is 0 Å². The first-order chi connectivity index (χ1) is 10.2. The molecule has 1 aromatic heterocycles. The molecule has 0 amide bonds. The molecule has 1 aromatic carbocycles. The van der Waals surface area contributed by atoms with E-state index >= 15 is 0 Å². The van der Waals surface area contributed by atoms with Gasteiger partial charge in [0.15, 0.2) is 0 Å². The van der Waals surface area contributed by atoms with Crippen LogP contribution in [0.3, 0.4) is 0 Å². The van der Waals surface area contributed by atoms with Gasteiger partial charge in [-0.3, -0.25) is 0 Å². The normalized spacial score (nSPS) is 19.6. The first-order valence-electron chi connectivity index (χ1n) is 7.10. The average Bonchev–Trinajstić information content (AvgIpc) is 2.67. The van der Waals surface area contributed by atoms with Gasteiger partial charge in [0.05, 0.1) is 35.0 Å². The average molecular weight is 321 g/mol. The number of aromatic nitrogens is 2. The van der Waals surface area contributed by atoms with Crippen molar-refractivity contribution in [1.82, 2.24) is 9.97 Å². The van der Waals surface area contributed by atoms with Crippen molar-refractivity contribution in [3.63, 3.8) is 0 Å². The molecule has 0 N–H and O–H groups in total. The van der Waals surface area contributed by atoms with Crippen LogP contribution in [0.2, 0.25) is 5.02 Å². The van der Waals surface area contributed by atoms with Crippen LogP contribution in [-0.2, 0) is 9.31 Å². The molecule has 116 valence electrons. The summed E-state index contributed by atoms with van der Waals surface area (Å²) >= 11 is 6.52. The fourth-order valence-corrected chi connectivity index (χ4v) is 2.59. The highest BCUT2D eigenvalue weighted by atomic mass is 35.5. The summed E-state index contributed by atoms with van der Waals surface area (Å²) in [4.78, 5) is 8.65. The van der Waals surface area contributed by atoms with Gasteiger partial charge in [-0.25, -0.2) is 9.97 Å². The number of hydrogen-bond donors (Lipinski definition) is 0. The van der Waals surface area contributed by atoms with Crippen LogP contribution in [0.15, 0.2) is 18.3 Å². The molecule has 22 heavy (non-hydrogen) atoms. The van der Waals surface area contributed by atoms with Crippen molar-refractivity contribution in [1.29, 1.82) is 0 Å². The summed E-state index contributed by atoms with van der Waals surface area (Å²) in [5.41, 5.74) is 1.18. The van der Waals surface area contributed by atoms with Crippen molar-refractivity contribution < 1.29 is 14.0 Å². The largest absolute Gasteiger partial charge is 0.496 e. The quantitative estimate of drug-likeness (QED) is 0.796. The van der Waals surface area contributed by atoms with Crippen LogP contribution in [0.1, 0.15) is 27.7 Å². The van der Waals surface area contributed by atoms with Crippen molar-refractivity contribution >= 4 is 35.2 Å². The zero-order chi connectivity index (χ0) is 16.1. The molecular weight excluding hydrogens is 302 g/mol. The number of rotatable bonds is 2. The maximum absolute atomic E-state index is 6.52. The summed E-state index contributed by atoms with van der Waals surface area (Å²) in [5, 5.41) is 0.474. The highest BCUT2D eigenvalue weighted by Gasteiger charge is 2.52. The molecule has 1 aliphatic heterocycles. The zero-order valence-corrected chi connectivity index (χ0v) is 14.1. The third kappa shape index (κ3) is 2.35. The van der Waals surface area contributed by atoms with Crippen molar-refractivity contribution in [3.8, 4) is 5.88 Å². The van der Waals surface area contributed by atoms with Crippen LogP contribution in [0.25, 0.3) is 11.0 Å². The topological polar surface area (TPSA) is 53.5 Å². The Hall–Kier alpha value is -1.37. The van der Waals surface area contributed by atoms with E-state index in [2.05, 4.69) is 9.97 Å². The van der Waals surface area contributed by atoms with Gasteiger partial charge in [-0.05, 0) is 33.8 Å². The number of nitrogens with zero attached hydrogens (tertiary/aromatic N) is 2. The highest BCUT2D eigenvalue weighted by Crippen LogP contribution is 2.37. The molecule has 2 aromatic rings. The number of benzene rings is 1.